The third-order valence-corrected chi connectivity index (χ3v) is 3.40. The van der Waals surface area contributed by atoms with Crippen LogP contribution >= 0.6 is 11.6 Å². The maximum atomic E-state index is 6.21. The van der Waals surface area contributed by atoms with Gasteiger partial charge in [-0.05, 0) is 55.2 Å². The zero-order valence-corrected chi connectivity index (χ0v) is 12.4. The standard InChI is InChI=1S/C17H20ClNO/c1-2-20-17-9-5-14(6-10-17)12-16(19)11-13-3-7-15(18)8-4-13/h3-10,16H,2,11-12,19H2,1H3. The molecule has 0 saturated heterocycles. The van der Waals surface area contributed by atoms with Gasteiger partial charge in [0.1, 0.15) is 5.75 Å². The topological polar surface area (TPSA) is 35.2 Å². The lowest BCUT2D eigenvalue weighted by atomic mass is 10.00. The molecule has 0 aliphatic carbocycles. The van der Waals surface area contributed by atoms with Gasteiger partial charge >= 0.3 is 0 Å². The molecule has 2 N–H and O–H groups in total. The van der Waals surface area contributed by atoms with Crippen molar-refractivity contribution in [3.8, 4) is 5.75 Å². The van der Waals surface area contributed by atoms with E-state index < -0.39 is 0 Å². The van der Waals surface area contributed by atoms with Crippen LogP contribution in [-0.4, -0.2) is 12.6 Å². The van der Waals surface area contributed by atoms with Crippen molar-refractivity contribution in [2.45, 2.75) is 25.8 Å². The van der Waals surface area contributed by atoms with E-state index in [1.165, 1.54) is 11.1 Å². The van der Waals surface area contributed by atoms with Crippen molar-refractivity contribution < 1.29 is 4.74 Å². The predicted molar refractivity (Wildman–Crippen MR) is 84.4 cm³/mol. The first kappa shape index (κ1) is 14.9. The predicted octanol–water partition coefficient (Wildman–Crippen LogP) is 3.85. The Hall–Kier alpha value is -1.51. The van der Waals surface area contributed by atoms with Crippen molar-refractivity contribution in [2.24, 2.45) is 5.73 Å². The van der Waals surface area contributed by atoms with E-state index in [-0.39, 0.29) is 6.04 Å². The largest absolute Gasteiger partial charge is 0.494 e. The van der Waals surface area contributed by atoms with E-state index in [1.54, 1.807) is 0 Å². The Balaban J connectivity index is 1.90. The number of rotatable bonds is 6. The van der Waals surface area contributed by atoms with Gasteiger partial charge in [-0.25, -0.2) is 0 Å². The summed E-state index contributed by atoms with van der Waals surface area (Å²) in [5, 5.41) is 0.758. The fraction of sp³-hybridized carbons (Fsp3) is 0.294. The third-order valence-electron chi connectivity index (χ3n) is 3.14. The molecule has 0 fully saturated rings. The summed E-state index contributed by atoms with van der Waals surface area (Å²) in [7, 11) is 0. The van der Waals surface area contributed by atoms with E-state index in [9.17, 15) is 0 Å². The average Bonchev–Trinajstić information content (AvgIpc) is 2.44. The van der Waals surface area contributed by atoms with Gasteiger partial charge in [-0.2, -0.15) is 0 Å². The molecule has 2 rings (SSSR count). The number of hydrogen-bond donors (Lipinski definition) is 1. The van der Waals surface area contributed by atoms with Gasteiger partial charge in [0.25, 0.3) is 0 Å². The van der Waals surface area contributed by atoms with Crippen LogP contribution in [-0.2, 0) is 12.8 Å². The Morgan fingerprint density at radius 2 is 1.45 bits per heavy atom. The van der Waals surface area contributed by atoms with Gasteiger partial charge in [0.15, 0.2) is 0 Å². The molecule has 0 radical (unpaired) electrons. The first-order valence-corrected chi connectivity index (χ1v) is 7.27. The summed E-state index contributed by atoms with van der Waals surface area (Å²) >= 11 is 5.88. The minimum absolute atomic E-state index is 0.106. The van der Waals surface area contributed by atoms with Crippen molar-refractivity contribution in [2.75, 3.05) is 6.61 Å². The zero-order chi connectivity index (χ0) is 14.4. The van der Waals surface area contributed by atoms with Crippen LogP contribution in [0.2, 0.25) is 5.02 Å². The van der Waals surface area contributed by atoms with Crippen LogP contribution in [0.3, 0.4) is 0 Å². The Labute approximate surface area is 125 Å². The lowest BCUT2D eigenvalue weighted by molar-refractivity contribution is 0.340. The summed E-state index contributed by atoms with van der Waals surface area (Å²) in [5.74, 6) is 0.905. The highest BCUT2D eigenvalue weighted by molar-refractivity contribution is 6.30. The molecule has 1 unspecified atom stereocenters. The van der Waals surface area contributed by atoms with Gasteiger partial charge in [-0.3, -0.25) is 0 Å². The van der Waals surface area contributed by atoms with Crippen LogP contribution < -0.4 is 10.5 Å². The highest BCUT2D eigenvalue weighted by Crippen LogP contribution is 2.15. The van der Waals surface area contributed by atoms with Crippen LogP contribution in [0.4, 0.5) is 0 Å². The van der Waals surface area contributed by atoms with E-state index in [0.29, 0.717) is 6.61 Å². The number of hydrogen-bond acceptors (Lipinski definition) is 2. The second kappa shape index (κ2) is 7.32. The van der Waals surface area contributed by atoms with Crippen molar-refractivity contribution in [3.63, 3.8) is 0 Å². The van der Waals surface area contributed by atoms with Crippen LogP contribution in [0.25, 0.3) is 0 Å². The van der Waals surface area contributed by atoms with E-state index in [0.717, 1.165) is 23.6 Å². The van der Waals surface area contributed by atoms with Gasteiger partial charge < -0.3 is 10.5 Å². The quantitative estimate of drug-likeness (QED) is 0.876. The van der Waals surface area contributed by atoms with Crippen LogP contribution in [0.5, 0.6) is 5.75 Å². The zero-order valence-electron chi connectivity index (χ0n) is 11.7. The van der Waals surface area contributed by atoms with Crippen LogP contribution in [0.15, 0.2) is 48.5 Å². The molecule has 0 amide bonds. The molecule has 2 aromatic carbocycles. The van der Waals surface area contributed by atoms with Gasteiger partial charge in [0, 0.05) is 11.1 Å². The molecule has 2 nitrogen and oxygen atoms in total. The van der Waals surface area contributed by atoms with Crippen LogP contribution in [0.1, 0.15) is 18.1 Å². The average molecular weight is 290 g/mol. The van der Waals surface area contributed by atoms with E-state index in [2.05, 4.69) is 12.1 Å². The highest BCUT2D eigenvalue weighted by Gasteiger charge is 2.06. The van der Waals surface area contributed by atoms with E-state index in [4.69, 9.17) is 22.1 Å². The molecular formula is C17H20ClNO. The van der Waals surface area contributed by atoms with Crippen molar-refractivity contribution in [1.29, 1.82) is 0 Å². The smallest absolute Gasteiger partial charge is 0.119 e. The summed E-state index contributed by atoms with van der Waals surface area (Å²) in [6, 6.07) is 16.1. The molecule has 2 aromatic rings. The first-order valence-electron chi connectivity index (χ1n) is 6.89. The van der Waals surface area contributed by atoms with Crippen molar-refractivity contribution in [3.05, 3.63) is 64.7 Å². The minimum Gasteiger partial charge on any atom is -0.494 e. The Morgan fingerprint density at radius 1 is 0.950 bits per heavy atom. The SMILES string of the molecule is CCOc1ccc(CC(N)Cc2ccc(Cl)cc2)cc1. The van der Waals surface area contributed by atoms with E-state index in [1.807, 2.05) is 43.3 Å². The molecule has 0 spiro atoms. The lowest BCUT2D eigenvalue weighted by Crippen LogP contribution is -2.25. The molecule has 106 valence electrons. The van der Waals surface area contributed by atoms with Gasteiger partial charge in [0.05, 0.1) is 6.61 Å². The first-order chi connectivity index (χ1) is 9.67. The molecule has 0 saturated carbocycles. The summed E-state index contributed by atoms with van der Waals surface area (Å²) in [6.07, 6.45) is 1.71. The fourth-order valence-electron chi connectivity index (χ4n) is 2.19. The van der Waals surface area contributed by atoms with Crippen LogP contribution in [0, 0.1) is 0 Å². The van der Waals surface area contributed by atoms with Gasteiger partial charge in [-0.15, -0.1) is 0 Å². The molecule has 0 aromatic heterocycles. The van der Waals surface area contributed by atoms with E-state index >= 15 is 0 Å². The monoisotopic (exact) mass is 289 g/mol. The second-order valence-electron chi connectivity index (χ2n) is 4.87. The second-order valence-corrected chi connectivity index (χ2v) is 5.31. The normalized spacial score (nSPS) is 12.2. The number of nitrogens with two attached hydrogens (primary N) is 1. The lowest BCUT2D eigenvalue weighted by Gasteiger charge is -2.12. The van der Waals surface area contributed by atoms with Gasteiger partial charge in [0.2, 0.25) is 0 Å². The summed E-state index contributed by atoms with van der Waals surface area (Å²) in [4.78, 5) is 0. The van der Waals surface area contributed by atoms with Gasteiger partial charge in [-0.1, -0.05) is 35.9 Å². The molecule has 0 aliphatic rings. The van der Waals surface area contributed by atoms with Crippen molar-refractivity contribution >= 4 is 11.6 Å². The Morgan fingerprint density at radius 3 is 1.95 bits per heavy atom. The minimum atomic E-state index is 0.106. The molecule has 3 heteroatoms. The molecule has 0 heterocycles. The summed E-state index contributed by atoms with van der Waals surface area (Å²) in [6.45, 7) is 2.67. The fourth-order valence-corrected chi connectivity index (χ4v) is 2.31. The highest BCUT2D eigenvalue weighted by atomic mass is 35.5. The Bertz CT molecular complexity index is 522. The maximum Gasteiger partial charge on any atom is 0.119 e. The molecular weight excluding hydrogens is 270 g/mol. The molecule has 1 atom stereocenters. The summed E-state index contributed by atoms with van der Waals surface area (Å²) < 4.78 is 5.43. The summed E-state index contributed by atoms with van der Waals surface area (Å²) in [5.41, 5.74) is 8.66. The molecule has 20 heavy (non-hydrogen) atoms. The number of ether oxygens (including phenoxy) is 1. The number of benzene rings is 2. The third kappa shape index (κ3) is 4.55. The molecule has 0 aliphatic heterocycles. The van der Waals surface area contributed by atoms with Crippen molar-refractivity contribution in [1.82, 2.24) is 0 Å². The maximum absolute atomic E-state index is 6.21. The molecule has 0 bridgehead atoms. The Kier molecular flexibility index (Phi) is 5.45. The number of halogens is 1.